The summed E-state index contributed by atoms with van der Waals surface area (Å²) in [6, 6.07) is 16.8. The standard InChI is InChI=1S/C28H25FN4O3S/c1-2-30-14-10-20-17-22-25(37-20)24(11-15-31-22)36-23-9-8-19(16-21(23)29)33-27(35)28(12-13-28)26(34)32-18-6-4-3-5-7-18/h3-11,14-17,30H,2,12-13H2,1H3,(H,32,34)(H,33,35)/b14-10+. The van der Waals surface area contributed by atoms with Gasteiger partial charge >= 0.3 is 0 Å². The van der Waals surface area contributed by atoms with Crippen LogP contribution in [0.5, 0.6) is 11.5 Å². The van der Waals surface area contributed by atoms with Gasteiger partial charge < -0.3 is 20.7 Å². The Kier molecular flexibility index (Phi) is 6.87. The van der Waals surface area contributed by atoms with E-state index in [2.05, 4.69) is 20.9 Å². The number of carbonyl (C=O) groups is 2. The van der Waals surface area contributed by atoms with Gasteiger partial charge in [0, 0.05) is 41.1 Å². The van der Waals surface area contributed by atoms with E-state index in [1.165, 1.54) is 23.5 Å². The van der Waals surface area contributed by atoms with E-state index in [1.54, 1.807) is 42.6 Å². The number of halogens is 1. The molecular weight excluding hydrogens is 491 g/mol. The average molecular weight is 517 g/mol. The quantitative estimate of drug-likeness (QED) is 0.232. The first-order chi connectivity index (χ1) is 18.0. The van der Waals surface area contributed by atoms with Crippen LogP contribution in [0.25, 0.3) is 16.3 Å². The molecule has 5 rings (SSSR count). The van der Waals surface area contributed by atoms with E-state index in [4.69, 9.17) is 4.74 Å². The van der Waals surface area contributed by atoms with Crippen LogP contribution in [0.3, 0.4) is 0 Å². The fourth-order valence-electron chi connectivity index (χ4n) is 3.84. The summed E-state index contributed by atoms with van der Waals surface area (Å²) in [5, 5.41) is 8.59. The zero-order chi connectivity index (χ0) is 25.8. The van der Waals surface area contributed by atoms with Gasteiger partial charge in [-0.1, -0.05) is 18.2 Å². The highest BCUT2D eigenvalue weighted by Gasteiger charge is 2.56. The number of hydrogen-bond acceptors (Lipinski definition) is 6. The maximum absolute atomic E-state index is 15.0. The van der Waals surface area contributed by atoms with Crippen LogP contribution in [-0.2, 0) is 9.59 Å². The molecule has 2 amide bonds. The number of benzene rings is 2. The molecular formula is C28H25FN4O3S. The predicted molar refractivity (Wildman–Crippen MR) is 144 cm³/mol. The Labute approximate surface area is 217 Å². The molecule has 0 unspecified atom stereocenters. The molecule has 2 heterocycles. The first-order valence-corrected chi connectivity index (χ1v) is 12.7. The second kappa shape index (κ2) is 10.4. The summed E-state index contributed by atoms with van der Waals surface area (Å²) < 4.78 is 21.7. The van der Waals surface area contributed by atoms with Crippen molar-refractivity contribution in [3.63, 3.8) is 0 Å². The van der Waals surface area contributed by atoms with Gasteiger partial charge in [-0.2, -0.15) is 0 Å². The van der Waals surface area contributed by atoms with E-state index in [1.807, 2.05) is 31.3 Å². The summed E-state index contributed by atoms with van der Waals surface area (Å²) in [4.78, 5) is 31.0. The van der Waals surface area contributed by atoms with Crippen LogP contribution in [0.15, 0.2) is 73.1 Å². The second-order valence-corrected chi connectivity index (χ2v) is 9.75. The molecule has 188 valence electrons. The number of thiophene rings is 1. The lowest BCUT2D eigenvalue weighted by molar-refractivity contribution is -0.131. The topological polar surface area (TPSA) is 92.4 Å². The number of ether oxygens (including phenoxy) is 1. The molecule has 37 heavy (non-hydrogen) atoms. The lowest BCUT2D eigenvalue weighted by Crippen LogP contribution is -2.35. The van der Waals surface area contributed by atoms with Crippen molar-refractivity contribution in [1.29, 1.82) is 0 Å². The van der Waals surface area contributed by atoms with E-state index in [0.717, 1.165) is 21.6 Å². The third kappa shape index (κ3) is 5.31. The van der Waals surface area contributed by atoms with Crippen molar-refractivity contribution >= 4 is 50.8 Å². The lowest BCUT2D eigenvalue weighted by atomic mass is 10.0. The van der Waals surface area contributed by atoms with Crippen LogP contribution >= 0.6 is 11.3 Å². The van der Waals surface area contributed by atoms with Gasteiger partial charge in [-0.25, -0.2) is 4.39 Å². The van der Waals surface area contributed by atoms with Gasteiger partial charge in [0.05, 0.1) is 10.2 Å². The van der Waals surface area contributed by atoms with Crippen molar-refractivity contribution in [2.75, 3.05) is 17.2 Å². The molecule has 0 bridgehead atoms. The summed E-state index contributed by atoms with van der Waals surface area (Å²) in [6.07, 6.45) is 6.31. The first-order valence-electron chi connectivity index (χ1n) is 11.9. The number of nitrogens with zero attached hydrogens (tertiary/aromatic N) is 1. The maximum atomic E-state index is 15.0. The van der Waals surface area contributed by atoms with Gasteiger partial charge in [0.25, 0.3) is 0 Å². The van der Waals surface area contributed by atoms with Crippen LogP contribution in [0, 0.1) is 11.2 Å². The van der Waals surface area contributed by atoms with Gasteiger partial charge in [0.1, 0.15) is 11.2 Å². The number of fused-ring (bicyclic) bond motifs is 1. The van der Waals surface area contributed by atoms with Gasteiger partial charge in [-0.05, 0) is 62.4 Å². The molecule has 4 aromatic rings. The largest absolute Gasteiger partial charge is 0.453 e. The Morgan fingerprint density at radius 3 is 2.49 bits per heavy atom. The van der Waals surface area contributed by atoms with Gasteiger partial charge in [-0.3, -0.25) is 14.6 Å². The first kappa shape index (κ1) is 24.5. The minimum Gasteiger partial charge on any atom is -0.453 e. The highest BCUT2D eigenvalue weighted by molar-refractivity contribution is 7.20. The number of para-hydroxylation sites is 1. The Morgan fingerprint density at radius 2 is 1.78 bits per heavy atom. The lowest BCUT2D eigenvalue weighted by Gasteiger charge is -2.16. The molecule has 0 saturated heterocycles. The zero-order valence-electron chi connectivity index (χ0n) is 20.1. The van der Waals surface area contributed by atoms with Gasteiger partial charge in [0.2, 0.25) is 11.8 Å². The second-order valence-electron chi connectivity index (χ2n) is 8.67. The Morgan fingerprint density at radius 1 is 1.03 bits per heavy atom. The molecule has 0 radical (unpaired) electrons. The predicted octanol–water partition coefficient (Wildman–Crippen LogP) is 6.17. The van der Waals surface area contributed by atoms with Crippen molar-refractivity contribution in [3.05, 3.63) is 83.8 Å². The molecule has 2 aromatic carbocycles. The third-order valence-electron chi connectivity index (χ3n) is 6.03. The average Bonchev–Trinajstić information content (AvgIpc) is 3.61. The fraction of sp³-hybridized carbons (Fsp3) is 0.179. The van der Waals surface area contributed by atoms with E-state index in [0.29, 0.717) is 24.3 Å². The van der Waals surface area contributed by atoms with E-state index >= 15 is 0 Å². The molecule has 1 aliphatic rings. The number of hydrogen-bond donors (Lipinski definition) is 3. The number of rotatable bonds is 9. The molecule has 1 saturated carbocycles. The Hall–Kier alpha value is -4.24. The fourth-order valence-corrected chi connectivity index (χ4v) is 4.81. The number of carbonyl (C=O) groups excluding carboxylic acids is 2. The van der Waals surface area contributed by atoms with Crippen LogP contribution < -0.4 is 20.7 Å². The molecule has 7 nitrogen and oxygen atoms in total. The molecule has 1 aliphatic carbocycles. The Bertz CT molecular complexity index is 1480. The van der Waals surface area contributed by atoms with E-state index < -0.39 is 17.1 Å². The van der Waals surface area contributed by atoms with E-state index in [9.17, 15) is 14.0 Å². The normalized spacial score (nSPS) is 13.9. The monoisotopic (exact) mass is 516 g/mol. The number of amides is 2. The van der Waals surface area contributed by atoms with Crippen molar-refractivity contribution in [3.8, 4) is 11.5 Å². The number of anilines is 2. The summed E-state index contributed by atoms with van der Waals surface area (Å²) in [5.74, 6) is -0.949. The molecule has 1 fully saturated rings. The van der Waals surface area contributed by atoms with Gasteiger partial charge in [0.15, 0.2) is 11.6 Å². The minimum atomic E-state index is -1.15. The molecule has 3 N–H and O–H groups in total. The van der Waals surface area contributed by atoms with Crippen LogP contribution in [-0.4, -0.2) is 23.3 Å². The summed E-state index contributed by atoms with van der Waals surface area (Å²) in [7, 11) is 0. The minimum absolute atomic E-state index is 0.0200. The maximum Gasteiger partial charge on any atom is 0.240 e. The number of aromatic nitrogens is 1. The number of pyridine rings is 1. The summed E-state index contributed by atoms with van der Waals surface area (Å²) in [5.41, 5.74) is 0.477. The molecule has 2 aromatic heterocycles. The third-order valence-corrected chi connectivity index (χ3v) is 7.13. The van der Waals surface area contributed by atoms with Crippen LogP contribution in [0.1, 0.15) is 24.6 Å². The van der Waals surface area contributed by atoms with E-state index in [-0.39, 0.29) is 17.3 Å². The highest BCUT2D eigenvalue weighted by atomic mass is 32.1. The molecule has 0 spiro atoms. The number of nitrogens with one attached hydrogen (secondary N) is 3. The SMILES string of the molecule is CCN/C=C/c1cc2nccc(Oc3ccc(NC(=O)C4(C(=O)Nc5ccccc5)CC4)cc3F)c2s1. The highest BCUT2D eigenvalue weighted by Crippen LogP contribution is 2.47. The molecule has 0 atom stereocenters. The van der Waals surface area contributed by atoms with Gasteiger partial charge in [-0.15, -0.1) is 11.3 Å². The molecule has 9 heteroatoms. The van der Waals surface area contributed by atoms with Crippen molar-refractivity contribution in [1.82, 2.24) is 10.3 Å². The van der Waals surface area contributed by atoms with Crippen molar-refractivity contribution < 1.29 is 18.7 Å². The zero-order valence-corrected chi connectivity index (χ0v) is 20.9. The van der Waals surface area contributed by atoms with Crippen molar-refractivity contribution in [2.45, 2.75) is 19.8 Å². The molecule has 0 aliphatic heterocycles. The smallest absolute Gasteiger partial charge is 0.240 e. The summed E-state index contributed by atoms with van der Waals surface area (Å²) in [6.45, 7) is 2.84. The van der Waals surface area contributed by atoms with Crippen molar-refractivity contribution in [2.24, 2.45) is 5.41 Å². The summed E-state index contributed by atoms with van der Waals surface area (Å²) >= 11 is 1.49. The van der Waals surface area contributed by atoms with Crippen LogP contribution in [0.2, 0.25) is 0 Å². The van der Waals surface area contributed by atoms with Crippen LogP contribution in [0.4, 0.5) is 15.8 Å². The Balaban J connectivity index is 1.28.